The van der Waals surface area contributed by atoms with Gasteiger partial charge in [0.05, 0.1) is 0 Å². The van der Waals surface area contributed by atoms with Crippen molar-refractivity contribution in [1.82, 2.24) is 5.32 Å². The number of halogens is 1. The van der Waals surface area contributed by atoms with Gasteiger partial charge in [0, 0.05) is 16.6 Å². The third kappa shape index (κ3) is 2.58. The predicted molar refractivity (Wildman–Crippen MR) is 63.3 cm³/mol. The van der Waals surface area contributed by atoms with Crippen LogP contribution >= 0.6 is 15.9 Å². The summed E-state index contributed by atoms with van der Waals surface area (Å²) in [6, 6.07) is 9.90. The highest BCUT2D eigenvalue weighted by Crippen LogP contribution is 2.27. The van der Waals surface area contributed by atoms with Crippen molar-refractivity contribution in [3.05, 3.63) is 34.3 Å². The standard InChI is InChI=1S/C12H16BrN/c1-2-12(14-11-6-7-11)9-4-3-5-10(13)8-9/h3-5,8,11-12,14H,2,6-7H2,1H3/t12-/m0/s1. The fourth-order valence-corrected chi connectivity index (χ4v) is 2.12. The van der Waals surface area contributed by atoms with Gasteiger partial charge >= 0.3 is 0 Å². The zero-order valence-corrected chi connectivity index (χ0v) is 10.0. The number of hydrogen-bond acceptors (Lipinski definition) is 1. The van der Waals surface area contributed by atoms with Gasteiger partial charge in [-0.05, 0) is 37.0 Å². The minimum absolute atomic E-state index is 0.528. The van der Waals surface area contributed by atoms with Crippen LogP contribution < -0.4 is 5.32 Å². The first-order chi connectivity index (χ1) is 6.79. The summed E-state index contributed by atoms with van der Waals surface area (Å²) in [5.74, 6) is 0. The van der Waals surface area contributed by atoms with E-state index in [1.807, 2.05) is 0 Å². The van der Waals surface area contributed by atoms with E-state index in [-0.39, 0.29) is 0 Å². The molecule has 1 aromatic carbocycles. The smallest absolute Gasteiger partial charge is 0.0320 e. The van der Waals surface area contributed by atoms with Crippen molar-refractivity contribution < 1.29 is 0 Å². The van der Waals surface area contributed by atoms with Gasteiger partial charge in [0.15, 0.2) is 0 Å². The van der Waals surface area contributed by atoms with Crippen molar-refractivity contribution in [2.45, 2.75) is 38.3 Å². The zero-order valence-electron chi connectivity index (χ0n) is 8.46. The van der Waals surface area contributed by atoms with Crippen LogP contribution in [0.4, 0.5) is 0 Å². The van der Waals surface area contributed by atoms with Gasteiger partial charge in [-0.25, -0.2) is 0 Å². The van der Waals surface area contributed by atoms with Crippen molar-refractivity contribution in [3.63, 3.8) is 0 Å². The van der Waals surface area contributed by atoms with Gasteiger partial charge in [-0.3, -0.25) is 0 Å². The fourth-order valence-electron chi connectivity index (χ4n) is 1.71. The molecule has 2 rings (SSSR count). The number of rotatable bonds is 4. The van der Waals surface area contributed by atoms with Crippen LogP contribution in [0.15, 0.2) is 28.7 Å². The molecule has 14 heavy (non-hydrogen) atoms. The maximum atomic E-state index is 3.66. The van der Waals surface area contributed by atoms with E-state index in [0.717, 1.165) is 12.5 Å². The molecule has 1 aromatic rings. The number of hydrogen-bond donors (Lipinski definition) is 1. The number of benzene rings is 1. The van der Waals surface area contributed by atoms with Gasteiger partial charge in [0.1, 0.15) is 0 Å². The molecule has 0 spiro atoms. The first kappa shape index (κ1) is 10.2. The Hall–Kier alpha value is -0.340. The molecule has 1 saturated carbocycles. The maximum Gasteiger partial charge on any atom is 0.0320 e. The first-order valence-electron chi connectivity index (χ1n) is 5.31. The van der Waals surface area contributed by atoms with Gasteiger partial charge in [0.2, 0.25) is 0 Å². The van der Waals surface area contributed by atoms with E-state index in [0.29, 0.717) is 6.04 Å². The SMILES string of the molecule is CC[C@H](NC1CC1)c1cccc(Br)c1. The third-order valence-corrected chi connectivity index (χ3v) is 3.17. The lowest BCUT2D eigenvalue weighted by Crippen LogP contribution is -2.22. The predicted octanol–water partition coefficient (Wildman–Crippen LogP) is 3.65. The van der Waals surface area contributed by atoms with Crippen molar-refractivity contribution in [1.29, 1.82) is 0 Å². The Morgan fingerprint density at radius 1 is 1.50 bits per heavy atom. The van der Waals surface area contributed by atoms with E-state index < -0.39 is 0 Å². The quantitative estimate of drug-likeness (QED) is 0.864. The Labute approximate surface area is 94.0 Å². The molecule has 0 amide bonds. The van der Waals surface area contributed by atoms with Gasteiger partial charge in [-0.1, -0.05) is 35.0 Å². The second-order valence-electron chi connectivity index (χ2n) is 3.96. The maximum absolute atomic E-state index is 3.66. The van der Waals surface area contributed by atoms with E-state index in [1.165, 1.54) is 22.9 Å². The van der Waals surface area contributed by atoms with Crippen LogP contribution in [0.25, 0.3) is 0 Å². The summed E-state index contributed by atoms with van der Waals surface area (Å²) in [4.78, 5) is 0. The molecule has 0 bridgehead atoms. The highest BCUT2D eigenvalue weighted by molar-refractivity contribution is 9.10. The molecule has 0 saturated heterocycles. The lowest BCUT2D eigenvalue weighted by molar-refractivity contribution is 0.516. The number of nitrogens with one attached hydrogen (secondary N) is 1. The first-order valence-corrected chi connectivity index (χ1v) is 6.10. The largest absolute Gasteiger partial charge is 0.307 e. The Morgan fingerprint density at radius 3 is 2.86 bits per heavy atom. The molecule has 0 aromatic heterocycles. The Kier molecular flexibility index (Phi) is 3.24. The lowest BCUT2D eigenvalue weighted by atomic mass is 10.0. The average molecular weight is 254 g/mol. The molecular weight excluding hydrogens is 238 g/mol. The summed E-state index contributed by atoms with van der Waals surface area (Å²) in [6.45, 7) is 2.24. The van der Waals surface area contributed by atoms with Crippen LogP contribution in [0.3, 0.4) is 0 Å². The minimum atomic E-state index is 0.528. The van der Waals surface area contributed by atoms with E-state index in [9.17, 15) is 0 Å². The summed E-state index contributed by atoms with van der Waals surface area (Å²) < 4.78 is 1.17. The van der Waals surface area contributed by atoms with Crippen molar-refractivity contribution in [2.75, 3.05) is 0 Å². The lowest BCUT2D eigenvalue weighted by Gasteiger charge is -2.17. The Bertz CT molecular complexity index is 307. The molecule has 1 fully saturated rings. The highest BCUT2D eigenvalue weighted by Gasteiger charge is 2.24. The zero-order chi connectivity index (χ0) is 9.97. The van der Waals surface area contributed by atoms with E-state index in [2.05, 4.69) is 52.4 Å². The van der Waals surface area contributed by atoms with E-state index in [4.69, 9.17) is 0 Å². The monoisotopic (exact) mass is 253 g/mol. The average Bonchev–Trinajstić information content (AvgIpc) is 2.98. The van der Waals surface area contributed by atoms with Crippen LogP contribution in [-0.4, -0.2) is 6.04 Å². The molecule has 2 heteroatoms. The summed E-state index contributed by atoms with van der Waals surface area (Å²) >= 11 is 3.51. The second kappa shape index (κ2) is 4.45. The molecule has 1 aliphatic carbocycles. The normalized spacial score (nSPS) is 18.1. The molecule has 1 N–H and O–H groups in total. The molecule has 1 nitrogen and oxygen atoms in total. The van der Waals surface area contributed by atoms with Crippen LogP contribution in [0.2, 0.25) is 0 Å². The summed E-state index contributed by atoms with van der Waals surface area (Å²) in [7, 11) is 0. The van der Waals surface area contributed by atoms with Crippen LogP contribution in [0, 0.1) is 0 Å². The van der Waals surface area contributed by atoms with Crippen molar-refractivity contribution >= 4 is 15.9 Å². The fraction of sp³-hybridized carbons (Fsp3) is 0.500. The van der Waals surface area contributed by atoms with E-state index >= 15 is 0 Å². The third-order valence-electron chi connectivity index (χ3n) is 2.67. The molecule has 1 aliphatic rings. The van der Waals surface area contributed by atoms with Crippen LogP contribution in [-0.2, 0) is 0 Å². The van der Waals surface area contributed by atoms with Gasteiger partial charge in [-0.2, -0.15) is 0 Å². The van der Waals surface area contributed by atoms with Crippen LogP contribution in [0.5, 0.6) is 0 Å². The molecule has 0 aliphatic heterocycles. The summed E-state index contributed by atoms with van der Waals surface area (Å²) in [6.07, 6.45) is 3.86. The second-order valence-corrected chi connectivity index (χ2v) is 4.87. The van der Waals surface area contributed by atoms with Gasteiger partial charge in [-0.15, -0.1) is 0 Å². The molecular formula is C12H16BrN. The van der Waals surface area contributed by atoms with Gasteiger partial charge < -0.3 is 5.32 Å². The Morgan fingerprint density at radius 2 is 2.29 bits per heavy atom. The molecule has 0 heterocycles. The topological polar surface area (TPSA) is 12.0 Å². The molecule has 0 radical (unpaired) electrons. The summed E-state index contributed by atoms with van der Waals surface area (Å²) in [5.41, 5.74) is 1.40. The van der Waals surface area contributed by atoms with Gasteiger partial charge in [0.25, 0.3) is 0 Å². The minimum Gasteiger partial charge on any atom is -0.307 e. The molecule has 76 valence electrons. The van der Waals surface area contributed by atoms with E-state index in [1.54, 1.807) is 0 Å². The molecule has 1 atom stereocenters. The molecule has 0 unspecified atom stereocenters. The van der Waals surface area contributed by atoms with Crippen LogP contribution in [0.1, 0.15) is 37.8 Å². The summed E-state index contributed by atoms with van der Waals surface area (Å²) in [5, 5.41) is 3.66. The highest BCUT2D eigenvalue weighted by atomic mass is 79.9. The Balaban J connectivity index is 2.08. The van der Waals surface area contributed by atoms with Crippen molar-refractivity contribution in [3.8, 4) is 0 Å². The van der Waals surface area contributed by atoms with Crippen molar-refractivity contribution in [2.24, 2.45) is 0 Å².